The minimum absolute atomic E-state index is 0.0177. The first-order valence-electron chi connectivity index (χ1n) is 4.54. The number of aromatic nitrogens is 1. The second-order valence-corrected chi connectivity index (χ2v) is 4.51. The lowest BCUT2D eigenvalue weighted by Gasteiger charge is -2.13. The van der Waals surface area contributed by atoms with E-state index in [4.69, 9.17) is 0 Å². The smallest absolute Gasteiger partial charge is 0.265 e. The fourth-order valence-electron chi connectivity index (χ4n) is 1.59. The van der Waals surface area contributed by atoms with Gasteiger partial charge in [-0.3, -0.25) is 9.78 Å². The number of carbonyl (C=O) groups excluding carboxylic acids is 1. The van der Waals surface area contributed by atoms with Crippen LogP contribution < -0.4 is 0 Å². The van der Waals surface area contributed by atoms with Gasteiger partial charge in [-0.05, 0) is 0 Å². The summed E-state index contributed by atoms with van der Waals surface area (Å²) in [4.78, 5) is 18.0. The van der Waals surface area contributed by atoms with Gasteiger partial charge in [-0.25, -0.2) is 0 Å². The van der Waals surface area contributed by atoms with E-state index in [1.165, 1.54) is 11.3 Å². The van der Waals surface area contributed by atoms with Crippen molar-refractivity contribution in [2.75, 3.05) is 13.1 Å². The van der Waals surface area contributed by atoms with Gasteiger partial charge >= 0.3 is 0 Å². The monoisotopic (exact) mass is 212 g/mol. The zero-order chi connectivity index (χ0) is 10.1. The van der Waals surface area contributed by atoms with E-state index >= 15 is 0 Å². The summed E-state index contributed by atoms with van der Waals surface area (Å²) in [6.45, 7) is 3.03. The van der Waals surface area contributed by atoms with Crippen molar-refractivity contribution in [1.82, 2.24) is 9.88 Å². The zero-order valence-corrected chi connectivity index (χ0v) is 8.70. The molecule has 2 unspecified atom stereocenters. The number of nitrogens with zero attached hydrogens (tertiary/aromatic N) is 2. The maximum Gasteiger partial charge on any atom is 0.265 e. The summed E-state index contributed by atoms with van der Waals surface area (Å²) in [7, 11) is 0. The molecule has 0 radical (unpaired) electrons. The quantitative estimate of drug-likeness (QED) is 0.741. The number of hydrogen-bond donors (Lipinski definition) is 1. The van der Waals surface area contributed by atoms with Crippen LogP contribution in [0.2, 0.25) is 0 Å². The molecule has 1 aromatic rings. The largest absolute Gasteiger partial charge is 0.391 e. The molecule has 1 N–H and O–H groups in total. The molecular weight excluding hydrogens is 200 g/mol. The SMILES string of the molecule is CC1CN(C(=O)c2cncs2)CC1O. The van der Waals surface area contributed by atoms with Crippen LogP contribution in [-0.4, -0.2) is 40.1 Å². The molecule has 1 fully saturated rings. The fourth-order valence-corrected chi connectivity index (χ4v) is 2.18. The van der Waals surface area contributed by atoms with Gasteiger partial charge < -0.3 is 10.0 Å². The summed E-state index contributed by atoms with van der Waals surface area (Å²) in [6, 6.07) is 0. The van der Waals surface area contributed by atoms with E-state index in [2.05, 4.69) is 4.98 Å². The third kappa shape index (κ3) is 1.65. The first-order valence-corrected chi connectivity index (χ1v) is 5.42. The third-order valence-corrected chi connectivity index (χ3v) is 3.26. The van der Waals surface area contributed by atoms with Crippen molar-refractivity contribution < 1.29 is 9.90 Å². The summed E-state index contributed by atoms with van der Waals surface area (Å²) in [6.07, 6.45) is 1.19. The van der Waals surface area contributed by atoms with Crippen LogP contribution in [0.25, 0.3) is 0 Å². The lowest BCUT2D eigenvalue weighted by molar-refractivity contribution is 0.0769. The molecule has 76 valence electrons. The highest BCUT2D eigenvalue weighted by Gasteiger charge is 2.31. The molecule has 1 aromatic heterocycles. The number of carbonyl (C=O) groups is 1. The van der Waals surface area contributed by atoms with Gasteiger partial charge in [-0.15, -0.1) is 11.3 Å². The second kappa shape index (κ2) is 3.67. The van der Waals surface area contributed by atoms with Crippen LogP contribution in [0.4, 0.5) is 0 Å². The van der Waals surface area contributed by atoms with Crippen LogP contribution in [0, 0.1) is 5.92 Å². The molecule has 14 heavy (non-hydrogen) atoms. The van der Waals surface area contributed by atoms with Crippen LogP contribution in [0.3, 0.4) is 0 Å². The van der Waals surface area contributed by atoms with E-state index in [-0.39, 0.29) is 17.9 Å². The van der Waals surface area contributed by atoms with E-state index < -0.39 is 0 Å². The molecule has 0 saturated carbocycles. The molecule has 1 aliphatic rings. The van der Waals surface area contributed by atoms with E-state index in [1.54, 1.807) is 16.6 Å². The van der Waals surface area contributed by atoms with E-state index in [1.807, 2.05) is 6.92 Å². The van der Waals surface area contributed by atoms with Gasteiger partial charge in [-0.1, -0.05) is 6.92 Å². The van der Waals surface area contributed by atoms with Gasteiger partial charge in [-0.2, -0.15) is 0 Å². The standard InChI is InChI=1S/C9H12N2O2S/c1-6-3-11(4-7(6)12)9(13)8-2-10-5-14-8/h2,5-7,12H,3-4H2,1H3. The number of likely N-dealkylation sites (tertiary alicyclic amines) is 1. The highest BCUT2D eigenvalue weighted by Crippen LogP contribution is 2.19. The lowest BCUT2D eigenvalue weighted by Crippen LogP contribution is -2.28. The summed E-state index contributed by atoms with van der Waals surface area (Å²) >= 11 is 1.34. The van der Waals surface area contributed by atoms with E-state index in [0.29, 0.717) is 18.0 Å². The minimum atomic E-state index is -0.383. The molecule has 1 amide bonds. The first-order chi connectivity index (χ1) is 6.68. The lowest BCUT2D eigenvalue weighted by atomic mass is 10.1. The maximum absolute atomic E-state index is 11.8. The molecular formula is C9H12N2O2S. The zero-order valence-electron chi connectivity index (χ0n) is 7.88. The molecule has 0 aromatic carbocycles. The number of hydrogen-bond acceptors (Lipinski definition) is 4. The Morgan fingerprint density at radius 2 is 2.50 bits per heavy atom. The average molecular weight is 212 g/mol. The van der Waals surface area contributed by atoms with Crippen molar-refractivity contribution >= 4 is 17.2 Å². The number of β-amino-alcohol motifs (C(OH)–C–C–N with tert-alkyl or cyclic N) is 1. The molecule has 0 spiro atoms. The normalized spacial score (nSPS) is 26.9. The van der Waals surface area contributed by atoms with Gasteiger partial charge in [0.2, 0.25) is 0 Å². The summed E-state index contributed by atoms with van der Waals surface area (Å²) in [5, 5.41) is 9.51. The highest BCUT2D eigenvalue weighted by atomic mass is 32.1. The number of amides is 1. The third-order valence-electron chi connectivity index (χ3n) is 2.50. The Bertz CT molecular complexity index is 316. The van der Waals surface area contributed by atoms with Crippen molar-refractivity contribution in [3.63, 3.8) is 0 Å². The van der Waals surface area contributed by atoms with Crippen molar-refractivity contribution in [3.8, 4) is 0 Å². The molecule has 5 heteroatoms. The van der Waals surface area contributed by atoms with Crippen LogP contribution in [0.15, 0.2) is 11.7 Å². The Morgan fingerprint density at radius 1 is 1.71 bits per heavy atom. The summed E-state index contributed by atoms with van der Waals surface area (Å²) < 4.78 is 0. The van der Waals surface area contributed by atoms with Crippen molar-refractivity contribution in [3.05, 3.63) is 16.6 Å². The minimum Gasteiger partial charge on any atom is -0.391 e. The van der Waals surface area contributed by atoms with Crippen LogP contribution >= 0.6 is 11.3 Å². The van der Waals surface area contributed by atoms with Crippen molar-refractivity contribution in [2.45, 2.75) is 13.0 Å². The van der Waals surface area contributed by atoms with Crippen molar-refractivity contribution in [2.24, 2.45) is 5.92 Å². The van der Waals surface area contributed by atoms with Gasteiger partial charge in [0, 0.05) is 19.0 Å². The summed E-state index contributed by atoms with van der Waals surface area (Å²) in [5.74, 6) is 0.155. The predicted molar refractivity (Wildman–Crippen MR) is 53.2 cm³/mol. The van der Waals surface area contributed by atoms with Crippen LogP contribution in [0.5, 0.6) is 0 Å². The molecule has 0 bridgehead atoms. The van der Waals surface area contributed by atoms with E-state index in [0.717, 1.165) is 0 Å². The number of thiazole rings is 1. The van der Waals surface area contributed by atoms with Crippen molar-refractivity contribution in [1.29, 1.82) is 0 Å². The molecule has 4 nitrogen and oxygen atoms in total. The maximum atomic E-state index is 11.8. The Hall–Kier alpha value is -0.940. The topological polar surface area (TPSA) is 53.4 Å². The predicted octanol–water partition coefficient (Wildman–Crippen LogP) is 0.596. The number of aliphatic hydroxyl groups is 1. The van der Waals surface area contributed by atoms with Gasteiger partial charge in [0.25, 0.3) is 5.91 Å². The van der Waals surface area contributed by atoms with Crippen LogP contribution in [-0.2, 0) is 0 Å². The van der Waals surface area contributed by atoms with Gasteiger partial charge in [0.1, 0.15) is 4.88 Å². The molecule has 2 rings (SSSR count). The van der Waals surface area contributed by atoms with Crippen LogP contribution in [0.1, 0.15) is 16.6 Å². The molecule has 0 aliphatic carbocycles. The number of rotatable bonds is 1. The Morgan fingerprint density at radius 3 is 3.00 bits per heavy atom. The Balaban J connectivity index is 2.07. The second-order valence-electron chi connectivity index (χ2n) is 3.62. The summed E-state index contributed by atoms with van der Waals surface area (Å²) in [5.41, 5.74) is 1.64. The highest BCUT2D eigenvalue weighted by molar-refractivity contribution is 7.11. The number of aliphatic hydroxyl groups excluding tert-OH is 1. The molecule has 2 atom stereocenters. The average Bonchev–Trinajstić information content (AvgIpc) is 2.76. The Labute approximate surface area is 86.2 Å². The fraction of sp³-hybridized carbons (Fsp3) is 0.556. The Kier molecular flexibility index (Phi) is 2.52. The van der Waals surface area contributed by atoms with Gasteiger partial charge in [0.05, 0.1) is 17.8 Å². The van der Waals surface area contributed by atoms with E-state index in [9.17, 15) is 9.90 Å². The molecule has 1 saturated heterocycles. The van der Waals surface area contributed by atoms with Gasteiger partial charge in [0.15, 0.2) is 0 Å². The molecule has 2 heterocycles. The first kappa shape index (κ1) is 9.61. The molecule has 1 aliphatic heterocycles.